The van der Waals surface area contributed by atoms with Crippen molar-refractivity contribution in [3.8, 4) is 39.4 Å². The SMILES string of the molecule is CCC1C/C(=C2/c3cc(Br)ccc3-c3ccc(-c4ccc(-c5ccccc5C#N)cc4)cc32)CC(C)C1. The molecule has 182 valence electrons. The summed E-state index contributed by atoms with van der Waals surface area (Å²) >= 11 is 3.74. The van der Waals surface area contributed by atoms with E-state index in [9.17, 15) is 5.26 Å². The number of hydrogen-bond donors (Lipinski definition) is 0. The zero-order valence-electron chi connectivity index (χ0n) is 21.4. The van der Waals surface area contributed by atoms with E-state index in [0.717, 1.165) is 27.4 Å². The molecule has 0 spiro atoms. The second kappa shape index (κ2) is 9.81. The van der Waals surface area contributed by atoms with E-state index >= 15 is 0 Å². The lowest BCUT2D eigenvalue weighted by Crippen LogP contribution is -2.15. The molecule has 37 heavy (non-hydrogen) atoms. The Morgan fingerprint density at radius 3 is 2.19 bits per heavy atom. The molecule has 0 saturated heterocycles. The number of fused-ring (bicyclic) bond motifs is 3. The third-order valence-corrected chi connectivity index (χ3v) is 8.70. The number of nitrogens with zero attached hydrogens (tertiary/aromatic N) is 1. The van der Waals surface area contributed by atoms with E-state index in [-0.39, 0.29) is 0 Å². The van der Waals surface area contributed by atoms with Gasteiger partial charge in [0.25, 0.3) is 0 Å². The number of benzene rings is 4. The molecule has 6 rings (SSSR count). The summed E-state index contributed by atoms with van der Waals surface area (Å²) in [7, 11) is 0. The Labute approximate surface area is 228 Å². The van der Waals surface area contributed by atoms with E-state index in [1.807, 2.05) is 24.3 Å². The lowest BCUT2D eigenvalue weighted by Gasteiger charge is -2.30. The monoisotopic (exact) mass is 543 g/mol. The summed E-state index contributed by atoms with van der Waals surface area (Å²) in [5.41, 5.74) is 13.8. The molecule has 4 aromatic carbocycles. The fourth-order valence-corrected chi connectivity index (χ4v) is 6.79. The first-order valence-corrected chi connectivity index (χ1v) is 14.1. The van der Waals surface area contributed by atoms with Crippen LogP contribution in [0.1, 0.15) is 56.2 Å². The van der Waals surface area contributed by atoms with Crippen LogP contribution >= 0.6 is 15.9 Å². The second-order valence-corrected chi connectivity index (χ2v) is 11.6. The third-order valence-electron chi connectivity index (χ3n) is 8.20. The Hall–Kier alpha value is -3.41. The van der Waals surface area contributed by atoms with E-state index in [0.29, 0.717) is 5.56 Å². The van der Waals surface area contributed by atoms with Crippen molar-refractivity contribution in [3.63, 3.8) is 0 Å². The maximum absolute atomic E-state index is 9.52. The average Bonchev–Trinajstić information content (AvgIpc) is 3.25. The molecule has 2 unspecified atom stereocenters. The topological polar surface area (TPSA) is 23.8 Å². The number of allylic oxidation sites excluding steroid dienone is 1. The van der Waals surface area contributed by atoms with Gasteiger partial charge >= 0.3 is 0 Å². The molecule has 4 aromatic rings. The van der Waals surface area contributed by atoms with Crippen LogP contribution < -0.4 is 0 Å². The minimum atomic E-state index is 0.708. The fraction of sp³-hybridized carbons (Fsp3) is 0.229. The summed E-state index contributed by atoms with van der Waals surface area (Å²) < 4.78 is 1.14. The largest absolute Gasteiger partial charge is 0.192 e. The van der Waals surface area contributed by atoms with Crippen molar-refractivity contribution in [1.82, 2.24) is 0 Å². The molecule has 2 aliphatic rings. The Balaban J connectivity index is 1.45. The van der Waals surface area contributed by atoms with Crippen molar-refractivity contribution in [3.05, 3.63) is 112 Å². The summed E-state index contributed by atoms with van der Waals surface area (Å²) in [5, 5.41) is 9.52. The molecule has 1 fully saturated rings. The van der Waals surface area contributed by atoms with Gasteiger partial charge in [-0.25, -0.2) is 0 Å². The van der Waals surface area contributed by atoms with E-state index in [1.165, 1.54) is 64.6 Å². The number of halogens is 1. The van der Waals surface area contributed by atoms with Crippen LogP contribution in [0, 0.1) is 23.2 Å². The highest BCUT2D eigenvalue weighted by atomic mass is 79.9. The quantitative estimate of drug-likeness (QED) is 0.222. The highest BCUT2D eigenvalue weighted by Gasteiger charge is 2.30. The van der Waals surface area contributed by atoms with Gasteiger partial charge in [0.2, 0.25) is 0 Å². The van der Waals surface area contributed by atoms with Gasteiger partial charge < -0.3 is 0 Å². The zero-order chi connectivity index (χ0) is 25.5. The van der Waals surface area contributed by atoms with Gasteiger partial charge in [-0.3, -0.25) is 0 Å². The lowest BCUT2D eigenvalue weighted by atomic mass is 9.75. The standard InChI is InChI=1S/C35H30BrN/c1-3-23-16-22(2)17-28(18-23)35-33-19-26(12-14-31(33)32-15-13-29(36)20-34(32)35)24-8-10-25(11-9-24)30-7-5-4-6-27(30)21-37/h4-15,19-20,22-23H,3,16-18H2,1-2H3/b35-28+. The zero-order valence-corrected chi connectivity index (χ0v) is 23.0. The minimum Gasteiger partial charge on any atom is -0.192 e. The molecule has 0 amide bonds. The van der Waals surface area contributed by atoms with Crippen molar-refractivity contribution >= 4 is 21.5 Å². The van der Waals surface area contributed by atoms with E-state index in [2.05, 4.69) is 96.5 Å². The Kier molecular flexibility index (Phi) is 6.35. The molecule has 0 N–H and O–H groups in total. The van der Waals surface area contributed by atoms with Crippen molar-refractivity contribution in [2.24, 2.45) is 11.8 Å². The van der Waals surface area contributed by atoms with Crippen molar-refractivity contribution < 1.29 is 0 Å². The smallest absolute Gasteiger partial charge is 0.0998 e. The van der Waals surface area contributed by atoms with Gasteiger partial charge in [-0.15, -0.1) is 0 Å². The van der Waals surface area contributed by atoms with Crippen LogP contribution in [0.15, 0.2) is 95.0 Å². The van der Waals surface area contributed by atoms with Crippen LogP contribution in [0.3, 0.4) is 0 Å². The molecule has 0 radical (unpaired) electrons. The third kappa shape index (κ3) is 4.36. The van der Waals surface area contributed by atoms with Crippen LogP contribution in [-0.2, 0) is 0 Å². The van der Waals surface area contributed by atoms with Crippen LogP contribution in [0.2, 0.25) is 0 Å². The van der Waals surface area contributed by atoms with Gasteiger partial charge in [-0.05, 0) is 105 Å². The molecular formula is C35H30BrN. The second-order valence-electron chi connectivity index (χ2n) is 10.7. The molecule has 0 aromatic heterocycles. The first-order chi connectivity index (χ1) is 18.1. The maximum atomic E-state index is 9.52. The average molecular weight is 545 g/mol. The van der Waals surface area contributed by atoms with Gasteiger partial charge in [0, 0.05) is 4.47 Å². The van der Waals surface area contributed by atoms with Crippen LogP contribution in [-0.4, -0.2) is 0 Å². The highest BCUT2D eigenvalue weighted by Crippen LogP contribution is 2.51. The number of rotatable bonds is 3. The molecule has 0 aliphatic heterocycles. The Bertz CT molecular complexity index is 1570. The van der Waals surface area contributed by atoms with Gasteiger partial charge in [0.1, 0.15) is 0 Å². The predicted octanol–water partition coefficient (Wildman–Crippen LogP) is 10.3. The van der Waals surface area contributed by atoms with Gasteiger partial charge in [0.15, 0.2) is 0 Å². The summed E-state index contributed by atoms with van der Waals surface area (Å²) in [6.45, 7) is 4.76. The normalized spacial score (nSPS) is 20.3. The van der Waals surface area contributed by atoms with Gasteiger partial charge in [-0.2, -0.15) is 5.26 Å². The first-order valence-electron chi connectivity index (χ1n) is 13.3. The summed E-state index contributed by atoms with van der Waals surface area (Å²) in [5.74, 6) is 1.51. The van der Waals surface area contributed by atoms with Crippen molar-refractivity contribution in [2.45, 2.75) is 39.5 Å². The Morgan fingerprint density at radius 1 is 0.757 bits per heavy atom. The molecule has 0 heterocycles. The van der Waals surface area contributed by atoms with Crippen LogP contribution in [0.5, 0.6) is 0 Å². The van der Waals surface area contributed by atoms with E-state index in [4.69, 9.17) is 0 Å². The summed E-state index contributed by atoms with van der Waals surface area (Å²) in [6.07, 6.45) is 4.99. The minimum absolute atomic E-state index is 0.708. The molecule has 2 aliphatic carbocycles. The van der Waals surface area contributed by atoms with E-state index in [1.54, 1.807) is 5.57 Å². The maximum Gasteiger partial charge on any atom is 0.0998 e. The molecule has 1 nitrogen and oxygen atoms in total. The van der Waals surface area contributed by atoms with Crippen molar-refractivity contribution in [1.29, 1.82) is 5.26 Å². The van der Waals surface area contributed by atoms with Crippen LogP contribution in [0.25, 0.3) is 39.0 Å². The Morgan fingerprint density at radius 2 is 1.43 bits per heavy atom. The lowest BCUT2D eigenvalue weighted by molar-refractivity contribution is 0.330. The first kappa shape index (κ1) is 24.0. The molecule has 2 heteroatoms. The number of nitriles is 1. The molecule has 1 saturated carbocycles. The van der Waals surface area contributed by atoms with Gasteiger partial charge in [0.05, 0.1) is 11.6 Å². The number of hydrogen-bond acceptors (Lipinski definition) is 1. The van der Waals surface area contributed by atoms with Crippen LogP contribution in [0.4, 0.5) is 0 Å². The molecule has 2 atom stereocenters. The summed E-state index contributed by atoms with van der Waals surface area (Å²) in [6, 6.07) is 32.5. The molecular weight excluding hydrogens is 514 g/mol. The highest BCUT2D eigenvalue weighted by molar-refractivity contribution is 9.10. The fourth-order valence-electron chi connectivity index (χ4n) is 6.43. The molecule has 0 bridgehead atoms. The van der Waals surface area contributed by atoms with Crippen molar-refractivity contribution in [2.75, 3.05) is 0 Å². The summed E-state index contributed by atoms with van der Waals surface area (Å²) in [4.78, 5) is 0. The van der Waals surface area contributed by atoms with Gasteiger partial charge in [-0.1, -0.05) is 102 Å². The predicted molar refractivity (Wildman–Crippen MR) is 158 cm³/mol. The van der Waals surface area contributed by atoms with E-state index < -0.39 is 0 Å².